The number of benzene rings is 1. The number of rotatable bonds is 3. The number of carboxylic acid groups (broad SMARTS) is 2. The number of carboxylic acids is 2. The highest BCUT2D eigenvalue weighted by atomic mass is 35.5. The molecule has 0 unspecified atom stereocenters. The van der Waals surface area contributed by atoms with Gasteiger partial charge in [0.05, 0.1) is 9.95 Å². The van der Waals surface area contributed by atoms with Gasteiger partial charge in [0.2, 0.25) is 0 Å². The lowest BCUT2D eigenvalue weighted by molar-refractivity contribution is -0.384. The standard InChI is InChI=1S/C8H2Cl3NO6/c9-3-1(7(13)14)4(10)6(12(17)18)5(11)2(3)8(15)16/h(H,13,14)(H,15,16). The summed E-state index contributed by atoms with van der Waals surface area (Å²) in [4.78, 5) is 31.4. The minimum absolute atomic E-state index is 0.768. The first kappa shape index (κ1) is 14.5. The van der Waals surface area contributed by atoms with Gasteiger partial charge in [0.1, 0.15) is 21.2 Å². The number of aromatic carboxylic acids is 2. The summed E-state index contributed by atoms with van der Waals surface area (Å²) in [7, 11) is 0. The van der Waals surface area contributed by atoms with Gasteiger partial charge in [-0.2, -0.15) is 0 Å². The molecule has 7 nitrogen and oxygen atoms in total. The Hall–Kier alpha value is -1.57. The quantitative estimate of drug-likeness (QED) is 0.654. The zero-order valence-electron chi connectivity index (χ0n) is 8.11. The number of nitrogens with zero attached hydrogens (tertiary/aromatic N) is 1. The first-order valence-electron chi connectivity index (χ1n) is 4.01. The smallest absolute Gasteiger partial charge is 0.339 e. The van der Waals surface area contributed by atoms with E-state index in [0.29, 0.717) is 0 Å². The van der Waals surface area contributed by atoms with Crippen molar-refractivity contribution in [3.63, 3.8) is 0 Å². The van der Waals surface area contributed by atoms with Gasteiger partial charge in [-0.3, -0.25) is 10.1 Å². The normalized spacial score (nSPS) is 10.2. The van der Waals surface area contributed by atoms with Crippen molar-refractivity contribution in [3.8, 4) is 0 Å². The first-order chi connectivity index (χ1) is 8.20. The molecule has 0 heterocycles. The largest absolute Gasteiger partial charge is 0.478 e. The van der Waals surface area contributed by atoms with Crippen molar-refractivity contribution in [3.05, 3.63) is 36.3 Å². The number of carbonyl (C=O) groups is 2. The van der Waals surface area contributed by atoms with Gasteiger partial charge < -0.3 is 10.2 Å². The summed E-state index contributed by atoms with van der Waals surface area (Å²) in [5, 5.41) is 25.9. The van der Waals surface area contributed by atoms with Crippen LogP contribution in [0.25, 0.3) is 0 Å². The maximum absolute atomic E-state index is 10.9. The van der Waals surface area contributed by atoms with Crippen LogP contribution in [0.1, 0.15) is 20.7 Å². The molecule has 0 amide bonds. The molecule has 1 aromatic carbocycles. The lowest BCUT2D eigenvalue weighted by atomic mass is 10.1. The van der Waals surface area contributed by atoms with Crippen molar-refractivity contribution >= 4 is 52.4 Å². The fourth-order valence-corrected chi connectivity index (χ4v) is 2.36. The van der Waals surface area contributed by atoms with Crippen LogP contribution in [0.15, 0.2) is 0 Å². The third kappa shape index (κ3) is 2.20. The van der Waals surface area contributed by atoms with Crippen LogP contribution in [-0.4, -0.2) is 27.1 Å². The molecule has 0 aliphatic rings. The van der Waals surface area contributed by atoms with E-state index in [1.54, 1.807) is 0 Å². The number of hydrogen-bond acceptors (Lipinski definition) is 4. The van der Waals surface area contributed by atoms with Crippen molar-refractivity contribution in [1.29, 1.82) is 0 Å². The molecule has 0 aromatic heterocycles. The predicted octanol–water partition coefficient (Wildman–Crippen LogP) is 2.95. The van der Waals surface area contributed by atoms with Crippen molar-refractivity contribution < 1.29 is 24.7 Å². The molecule has 18 heavy (non-hydrogen) atoms. The van der Waals surface area contributed by atoms with Crippen LogP contribution in [0.2, 0.25) is 15.1 Å². The Morgan fingerprint density at radius 1 is 0.944 bits per heavy atom. The van der Waals surface area contributed by atoms with Crippen LogP contribution in [-0.2, 0) is 0 Å². The van der Waals surface area contributed by atoms with Gasteiger partial charge in [0, 0.05) is 0 Å². The van der Waals surface area contributed by atoms with Crippen LogP contribution in [0.4, 0.5) is 5.69 Å². The second-order valence-corrected chi connectivity index (χ2v) is 4.04. The molecule has 1 aromatic rings. The molecule has 0 atom stereocenters. The van der Waals surface area contributed by atoms with E-state index in [1.165, 1.54) is 0 Å². The molecular weight excluding hydrogens is 312 g/mol. The Balaban J connectivity index is 3.94. The Bertz CT molecular complexity index is 483. The van der Waals surface area contributed by atoms with Gasteiger partial charge in [-0.15, -0.1) is 0 Å². The summed E-state index contributed by atoms with van der Waals surface area (Å²) in [6.45, 7) is 0. The molecule has 0 radical (unpaired) electrons. The van der Waals surface area contributed by atoms with Gasteiger partial charge in [-0.05, 0) is 0 Å². The van der Waals surface area contributed by atoms with E-state index in [0.717, 1.165) is 0 Å². The molecule has 10 heteroatoms. The van der Waals surface area contributed by atoms with Gasteiger partial charge in [0.15, 0.2) is 0 Å². The molecule has 0 saturated heterocycles. The topological polar surface area (TPSA) is 118 Å². The van der Waals surface area contributed by atoms with Crippen LogP contribution in [0, 0.1) is 10.1 Å². The number of hydrogen-bond donors (Lipinski definition) is 2. The van der Waals surface area contributed by atoms with Crippen LogP contribution < -0.4 is 0 Å². The van der Waals surface area contributed by atoms with Crippen LogP contribution in [0.3, 0.4) is 0 Å². The Labute approximate surface area is 114 Å². The van der Waals surface area contributed by atoms with E-state index in [1.807, 2.05) is 0 Å². The second kappa shape index (κ2) is 4.97. The maximum atomic E-state index is 10.9. The first-order valence-corrected chi connectivity index (χ1v) is 5.15. The summed E-state index contributed by atoms with van der Waals surface area (Å²) in [5.41, 5.74) is -2.78. The average Bonchev–Trinajstić information content (AvgIpc) is 2.14. The molecule has 0 spiro atoms. The van der Waals surface area contributed by atoms with E-state index in [9.17, 15) is 19.7 Å². The Kier molecular flexibility index (Phi) is 4.00. The molecule has 0 saturated carbocycles. The average molecular weight is 314 g/mol. The molecule has 2 N–H and O–H groups in total. The number of nitro groups is 1. The monoisotopic (exact) mass is 313 g/mol. The summed E-state index contributed by atoms with van der Waals surface area (Å²) in [5.74, 6) is -3.40. The van der Waals surface area contributed by atoms with Gasteiger partial charge >= 0.3 is 17.6 Å². The molecule has 0 aliphatic heterocycles. The second-order valence-electron chi connectivity index (χ2n) is 2.91. The van der Waals surface area contributed by atoms with Crippen molar-refractivity contribution in [2.75, 3.05) is 0 Å². The predicted molar refractivity (Wildman–Crippen MR) is 62.0 cm³/mol. The zero-order valence-corrected chi connectivity index (χ0v) is 10.4. The highest BCUT2D eigenvalue weighted by Crippen LogP contribution is 2.42. The number of nitro benzene ring substituents is 1. The number of halogens is 3. The SMILES string of the molecule is O=C(O)c1c(Cl)c(C(=O)O)c(Cl)c([N+](=O)[O-])c1Cl. The van der Waals surface area contributed by atoms with Gasteiger partial charge in [-0.25, -0.2) is 9.59 Å². The minimum atomic E-state index is -1.70. The van der Waals surface area contributed by atoms with E-state index in [2.05, 4.69) is 0 Å². The highest BCUT2D eigenvalue weighted by Gasteiger charge is 2.34. The Morgan fingerprint density at radius 2 is 1.28 bits per heavy atom. The minimum Gasteiger partial charge on any atom is -0.478 e. The fourth-order valence-electron chi connectivity index (χ4n) is 1.19. The zero-order chi connectivity index (χ0) is 14.2. The van der Waals surface area contributed by atoms with E-state index in [4.69, 9.17) is 45.0 Å². The maximum Gasteiger partial charge on any atom is 0.339 e. The highest BCUT2D eigenvalue weighted by molar-refractivity contribution is 6.47. The van der Waals surface area contributed by atoms with E-state index in [-0.39, 0.29) is 0 Å². The van der Waals surface area contributed by atoms with Crippen molar-refractivity contribution in [2.24, 2.45) is 0 Å². The molecule has 96 valence electrons. The third-order valence-corrected chi connectivity index (χ3v) is 3.02. The summed E-state index contributed by atoms with van der Waals surface area (Å²) in [6, 6.07) is 0. The molecule has 1 rings (SSSR count). The summed E-state index contributed by atoms with van der Waals surface area (Å²) < 4.78 is 0. The fraction of sp³-hybridized carbons (Fsp3) is 0. The Morgan fingerprint density at radius 3 is 1.50 bits per heavy atom. The molecule has 0 fully saturated rings. The molecule has 0 aliphatic carbocycles. The lowest BCUT2D eigenvalue weighted by Gasteiger charge is -2.08. The summed E-state index contributed by atoms with van der Waals surface area (Å²) >= 11 is 16.5. The lowest BCUT2D eigenvalue weighted by Crippen LogP contribution is -2.09. The van der Waals surface area contributed by atoms with E-state index >= 15 is 0 Å². The van der Waals surface area contributed by atoms with E-state index < -0.39 is 48.7 Å². The third-order valence-electron chi connectivity index (χ3n) is 1.90. The van der Waals surface area contributed by atoms with Gasteiger partial charge in [-0.1, -0.05) is 34.8 Å². The van der Waals surface area contributed by atoms with Crippen LogP contribution in [0.5, 0.6) is 0 Å². The summed E-state index contributed by atoms with van der Waals surface area (Å²) in [6.07, 6.45) is 0. The van der Waals surface area contributed by atoms with Crippen LogP contribution >= 0.6 is 34.8 Å². The molecular formula is C8H2Cl3NO6. The van der Waals surface area contributed by atoms with Crippen molar-refractivity contribution in [2.45, 2.75) is 0 Å². The van der Waals surface area contributed by atoms with Gasteiger partial charge in [0.25, 0.3) is 0 Å². The molecule has 0 bridgehead atoms. The van der Waals surface area contributed by atoms with Crippen molar-refractivity contribution in [1.82, 2.24) is 0 Å².